The molecule has 2 aliphatic rings. The number of aliphatic hydroxyl groups excluding tert-OH is 1. The number of anilines is 1. The summed E-state index contributed by atoms with van der Waals surface area (Å²) in [7, 11) is 0. The lowest BCUT2D eigenvalue weighted by Crippen LogP contribution is -2.44. The largest absolute Gasteiger partial charge is 0.478 e. The number of aliphatic hydroxyl groups is 1. The number of carboxylic acids is 1. The Kier molecular flexibility index (Phi) is 5.39. The van der Waals surface area contributed by atoms with Gasteiger partial charge in [0.1, 0.15) is 17.7 Å². The molecule has 2 aromatic heterocycles. The summed E-state index contributed by atoms with van der Waals surface area (Å²) in [6, 6.07) is 5.98. The van der Waals surface area contributed by atoms with E-state index < -0.39 is 29.8 Å². The highest BCUT2D eigenvalue weighted by molar-refractivity contribution is 5.89. The van der Waals surface area contributed by atoms with Crippen LogP contribution in [0.1, 0.15) is 34.8 Å². The SMILES string of the molecule is CCc1cc2[nH]c(O[C@@]34CCO[C@@H]3[C@H](O)CO4)nc2nc1NCc1c(F)cccc1C(=O)O. The van der Waals surface area contributed by atoms with Gasteiger partial charge in [-0.05, 0) is 30.2 Å². The van der Waals surface area contributed by atoms with Crippen LogP contribution in [0.3, 0.4) is 0 Å². The van der Waals surface area contributed by atoms with Crippen LogP contribution in [0, 0.1) is 5.82 Å². The summed E-state index contributed by atoms with van der Waals surface area (Å²) in [5, 5.41) is 22.5. The molecule has 0 saturated carbocycles. The molecule has 0 bridgehead atoms. The van der Waals surface area contributed by atoms with Crippen molar-refractivity contribution in [1.29, 1.82) is 0 Å². The van der Waals surface area contributed by atoms with Crippen molar-refractivity contribution in [2.75, 3.05) is 18.5 Å². The lowest BCUT2D eigenvalue weighted by Gasteiger charge is -2.26. The van der Waals surface area contributed by atoms with Gasteiger partial charge in [-0.25, -0.2) is 14.2 Å². The zero-order chi connectivity index (χ0) is 23.2. The number of rotatable bonds is 7. The Morgan fingerprint density at radius 3 is 3.06 bits per heavy atom. The van der Waals surface area contributed by atoms with Crippen LogP contribution in [0.5, 0.6) is 6.01 Å². The van der Waals surface area contributed by atoms with Crippen molar-refractivity contribution in [2.45, 2.75) is 44.3 Å². The topological polar surface area (TPSA) is 139 Å². The Balaban J connectivity index is 1.41. The zero-order valence-corrected chi connectivity index (χ0v) is 17.8. The van der Waals surface area contributed by atoms with Crippen molar-refractivity contribution in [3.8, 4) is 6.01 Å². The number of imidazole rings is 1. The lowest BCUT2D eigenvalue weighted by molar-refractivity contribution is -0.168. The molecule has 33 heavy (non-hydrogen) atoms. The molecule has 0 amide bonds. The Bertz CT molecular complexity index is 1220. The molecule has 3 aromatic rings. The van der Waals surface area contributed by atoms with E-state index in [0.717, 1.165) is 5.56 Å². The summed E-state index contributed by atoms with van der Waals surface area (Å²) >= 11 is 0. The van der Waals surface area contributed by atoms with Crippen molar-refractivity contribution in [2.24, 2.45) is 0 Å². The number of hydrogen-bond donors (Lipinski definition) is 4. The van der Waals surface area contributed by atoms with Crippen LogP contribution in [0.2, 0.25) is 0 Å². The number of H-pyrrole nitrogens is 1. The highest BCUT2D eigenvalue weighted by Crippen LogP contribution is 2.39. The fourth-order valence-corrected chi connectivity index (χ4v) is 4.32. The van der Waals surface area contributed by atoms with E-state index in [-0.39, 0.29) is 30.3 Å². The summed E-state index contributed by atoms with van der Waals surface area (Å²) in [6.45, 7) is 2.41. The van der Waals surface area contributed by atoms with Crippen molar-refractivity contribution in [3.05, 3.63) is 46.8 Å². The number of fused-ring (bicyclic) bond motifs is 2. The van der Waals surface area contributed by atoms with Gasteiger partial charge in [0.2, 0.25) is 5.79 Å². The maximum absolute atomic E-state index is 14.3. The smallest absolute Gasteiger partial charge is 0.336 e. The predicted molar refractivity (Wildman–Crippen MR) is 114 cm³/mol. The summed E-state index contributed by atoms with van der Waals surface area (Å²) in [5.41, 5.74) is 1.77. The second-order valence-corrected chi connectivity index (χ2v) is 8.02. The normalized spacial score (nSPS) is 24.2. The third-order valence-corrected chi connectivity index (χ3v) is 5.99. The third-order valence-electron chi connectivity index (χ3n) is 5.99. The number of hydrogen-bond acceptors (Lipinski definition) is 8. The first-order valence-corrected chi connectivity index (χ1v) is 10.7. The molecule has 0 unspecified atom stereocenters. The minimum Gasteiger partial charge on any atom is -0.478 e. The molecular formula is C22H23FN4O6. The Morgan fingerprint density at radius 2 is 2.27 bits per heavy atom. The number of nitrogens with one attached hydrogen (secondary N) is 2. The van der Waals surface area contributed by atoms with Crippen LogP contribution in [-0.2, 0) is 22.4 Å². The Hall–Kier alpha value is -3.28. The minimum atomic E-state index is -1.20. The number of aromatic amines is 1. The molecule has 2 saturated heterocycles. The van der Waals surface area contributed by atoms with Crippen LogP contribution in [0.25, 0.3) is 11.2 Å². The monoisotopic (exact) mass is 458 g/mol. The molecule has 0 spiro atoms. The first kappa shape index (κ1) is 21.6. The quantitative estimate of drug-likeness (QED) is 0.420. The number of halogens is 1. The summed E-state index contributed by atoms with van der Waals surface area (Å²) in [5.74, 6) is -2.44. The van der Waals surface area contributed by atoms with E-state index in [1.807, 2.05) is 13.0 Å². The molecule has 0 radical (unpaired) electrons. The van der Waals surface area contributed by atoms with E-state index in [9.17, 15) is 19.4 Å². The van der Waals surface area contributed by atoms with Gasteiger partial charge >= 0.3 is 5.97 Å². The lowest BCUT2D eigenvalue weighted by atomic mass is 10.1. The number of aromatic carboxylic acids is 1. The number of ether oxygens (including phenoxy) is 3. The molecule has 4 N–H and O–H groups in total. The molecule has 2 fully saturated rings. The van der Waals surface area contributed by atoms with Gasteiger partial charge in [0, 0.05) is 18.5 Å². The van der Waals surface area contributed by atoms with Crippen molar-refractivity contribution in [1.82, 2.24) is 15.0 Å². The Labute approximate surface area is 187 Å². The fraction of sp³-hybridized carbons (Fsp3) is 0.409. The van der Waals surface area contributed by atoms with Gasteiger partial charge in [0.05, 0.1) is 24.3 Å². The van der Waals surface area contributed by atoms with Crippen LogP contribution in [-0.4, -0.2) is 62.3 Å². The van der Waals surface area contributed by atoms with E-state index in [2.05, 4.69) is 20.3 Å². The number of benzene rings is 1. The van der Waals surface area contributed by atoms with Gasteiger partial charge in [-0.2, -0.15) is 4.98 Å². The molecule has 174 valence electrons. The molecular weight excluding hydrogens is 435 g/mol. The second-order valence-electron chi connectivity index (χ2n) is 8.02. The number of nitrogens with zero attached hydrogens (tertiary/aromatic N) is 2. The average Bonchev–Trinajstić information content (AvgIpc) is 3.46. The van der Waals surface area contributed by atoms with E-state index in [1.165, 1.54) is 18.2 Å². The van der Waals surface area contributed by atoms with E-state index in [4.69, 9.17) is 14.2 Å². The summed E-state index contributed by atoms with van der Waals surface area (Å²) < 4.78 is 31.5. The first-order valence-electron chi connectivity index (χ1n) is 10.7. The van der Waals surface area contributed by atoms with E-state index >= 15 is 0 Å². The van der Waals surface area contributed by atoms with Crippen LogP contribution >= 0.6 is 0 Å². The molecule has 4 heterocycles. The van der Waals surface area contributed by atoms with Gasteiger partial charge in [-0.1, -0.05) is 13.0 Å². The maximum atomic E-state index is 14.3. The summed E-state index contributed by atoms with van der Waals surface area (Å²) in [4.78, 5) is 23.5. The van der Waals surface area contributed by atoms with Crippen LogP contribution in [0.15, 0.2) is 24.3 Å². The minimum absolute atomic E-state index is 0.0447. The fourth-order valence-electron chi connectivity index (χ4n) is 4.32. The molecule has 1 aromatic carbocycles. The molecule has 10 nitrogen and oxygen atoms in total. The number of carboxylic acid groups (broad SMARTS) is 1. The maximum Gasteiger partial charge on any atom is 0.336 e. The van der Waals surface area contributed by atoms with Gasteiger partial charge in [-0.3, -0.25) is 0 Å². The third kappa shape index (κ3) is 3.77. The number of aromatic nitrogens is 3. The summed E-state index contributed by atoms with van der Waals surface area (Å²) in [6.07, 6.45) is -0.280. The first-order chi connectivity index (χ1) is 15.9. The van der Waals surface area contributed by atoms with Crippen molar-refractivity contribution in [3.63, 3.8) is 0 Å². The molecule has 3 atom stereocenters. The van der Waals surface area contributed by atoms with Gasteiger partial charge < -0.3 is 34.7 Å². The van der Waals surface area contributed by atoms with Gasteiger partial charge in [-0.15, -0.1) is 0 Å². The molecule has 5 rings (SSSR count). The number of aryl methyl sites for hydroxylation is 1. The second kappa shape index (κ2) is 8.25. The van der Waals surface area contributed by atoms with Crippen LogP contribution < -0.4 is 10.1 Å². The van der Waals surface area contributed by atoms with Crippen LogP contribution in [0.4, 0.5) is 10.2 Å². The van der Waals surface area contributed by atoms with E-state index in [0.29, 0.717) is 36.4 Å². The molecule has 0 aliphatic carbocycles. The van der Waals surface area contributed by atoms with Crippen molar-refractivity contribution >= 4 is 23.0 Å². The van der Waals surface area contributed by atoms with Gasteiger partial charge in [0.15, 0.2) is 11.8 Å². The Morgan fingerprint density at radius 1 is 1.42 bits per heavy atom. The molecule has 2 aliphatic heterocycles. The number of pyridine rings is 1. The highest BCUT2D eigenvalue weighted by Gasteiger charge is 2.57. The zero-order valence-electron chi connectivity index (χ0n) is 17.8. The standard InChI is InChI=1S/C22H23FN4O6/c1-2-11-8-15-19(26-18(11)24-9-13-12(20(29)30)4-3-5-14(13)23)27-21(25-15)33-22-6-7-31-17(22)16(28)10-32-22/h3-5,8,16-17,28H,2,6-7,9-10H2,1H3,(H,29,30)(H2,24,25,26,27)/t16-,17-,22+/m1/s1. The average molecular weight is 458 g/mol. The van der Waals surface area contributed by atoms with Crippen molar-refractivity contribution < 1.29 is 33.6 Å². The predicted octanol–water partition coefficient (Wildman–Crippen LogP) is 2.22. The number of carbonyl (C=O) groups is 1. The molecule has 11 heteroatoms. The van der Waals surface area contributed by atoms with Gasteiger partial charge in [0.25, 0.3) is 6.01 Å². The highest BCUT2D eigenvalue weighted by atomic mass is 19.1. The van der Waals surface area contributed by atoms with E-state index in [1.54, 1.807) is 0 Å².